The molecule has 6 heteroatoms. The summed E-state index contributed by atoms with van der Waals surface area (Å²) >= 11 is 0. The standard InChI is InChI=1S/C23H23N3O3/c1-25-21(16-24)22(17-5-3-2-4-6-17)20-15-18(7-8-19(20)23(25)27)29-14-11-26-9-12-28-13-10-26/h2-8,15H,9-14H2,1H3. The molecular formula is C23H23N3O3. The van der Waals surface area contributed by atoms with Gasteiger partial charge in [0.05, 0.1) is 13.2 Å². The number of hydrogen-bond acceptors (Lipinski definition) is 5. The van der Waals surface area contributed by atoms with Gasteiger partial charge in [0.1, 0.15) is 24.1 Å². The summed E-state index contributed by atoms with van der Waals surface area (Å²) in [6, 6.07) is 17.4. The van der Waals surface area contributed by atoms with E-state index in [1.54, 1.807) is 13.1 Å². The third-order valence-electron chi connectivity index (χ3n) is 5.32. The molecule has 0 bridgehead atoms. The molecule has 0 unspecified atom stereocenters. The van der Waals surface area contributed by atoms with Gasteiger partial charge in [-0.15, -0.1) is 0 Å². The van der Waals surface area contributed by atoms with Gasteiger partial charge in [-0.3, -0.25) is 9.69 Å². The van der Waals surface area contributed by atoms with Crippen LogP contribution in [-0.4, -0.2) is 48.9 Å². The van der Waals surface area contributed by atoms with Crippen molar-refractivity contribution in [1.82, 2.24) is 9.47 Å². The lowest BCUT2D eigenvalue weighted by molar-refractivity contribution is 0.0322. The van der Waals surface area contributed by atoms with E-state index < -0.39 is 0 Å². The number of nitriles is 1. The Morgan fingerprint density at radius 2 is 1.86 bits per heavy atom. The zero-order valence-electron chi connectivity index (χ0n) is 16.4. The smallest absolute Gasteiger partial charge is 0.259 e. The van der Waals surface area contributed by atoms with Gasteiger partial charge in [-0.2, -0.15) is 5.26 Å². The minimum Gasteiger partial charge on any atom is -0.492 e. The molecule has 0 spiro atoms. The number of hydrogen-bond donors (Lipinski definition) is 0. The van der Waals surface area contributed by atoms with Crippen LogP contribution in [0.3, 0.4) is 0 Å². The second-order valence-electron chi connectivity index (χ2n) is 7.08. The summed E-state index contributed by atoms with van der Waals surface area (Å²) in [4.78, 5) is 15.1. The van der Waals surface area contributed by atoms with Crippen LogP contribution < -0.4 is 10.3 Å². The summed E-state index contributed by atoms with van der Waals surface area (Å²) in [6.45, 7) is 4.74. The highest BCUT2D eigenvalue weighted by molar-refractivity contribution is 5.99. The van der Waals surface area contributed by atoms with Crippen LogP contribution in [0.1, 0.15) is 5.69 Å². The molecule has 2 aromatic carbocycles. The zero-order valence-corrected chi connectivity index (χ0v) is 16.4. The number of morpholine rings is 1. The molecule has 0 N–H and O–H groups in total. The van der Waals surface area contributed by atoms with E-state index in [4.69, 9.17) is 9.47 Å². The van der Waals surface area contributed by atoms with Crippen molar-refractivity contribution in [3.63, 3.8) is 0 Å². The molecule has 0 amide bonds. The van der Waals surface area contributed by atoms with Gasteiger partial charge >= 0.3 is 0 Å². The molecule has 148 valence electrons. The highest BCUT2D eigenvalue weighted by Crippen LogP contribution is 2.32. The fourth-order valence-electron chi connectivity index (χ4n) is 3.73. The first-order valence-corrected chi connectivity index (χ1v) is 9.74. The van der Waals surface area contributed by atoms with Crippen molar-refractivity contribution in [3.05, 3.63) is 64.6 Å². The predicted molar refractivity (Wildman–Crippen MR) is 112 cm³/mol. The normalized spacial score (nSPS) is 14.6. The Labute approximate surface area is 169 Å². The van der Waals surface area contributed by atoms with E-state index in [1.807, 2.05) is 42.5 Å². The van der Waals surface area contributed by atoms with E-state index >= 15 is 0 Å². The Bertz CT molecular complexity index is 1110. The van der Waals surface area contributed by atoms with Crippen molar-refractivity contribution < 1.29 is 9.47 Å². The summed E-state index contributed by atoms with van der Waals surface area (Å²) in [5.74, 6) is 0.695. The SMILES string of the molecule is Cn1c(C#N)c(-c2ccccc2)c2cc(OCCN3CCOCC3)ccc2c1=O. The van der Waals surface area contributed by atoms with E-state index in [2.05, 4.69) is 11.0 Å². The Hall–Kier alpha value is -3.14. The van der Waals surface area contributed by atoms with Gasteiger partial charge in [0, 0.05) is 43.0 Å². The summed E-state index contributed by atoms with van der Waals surface area (Å²) < 4.78 is 12.8. The fraction of sp³-hybridized carbons (Fsp3) is 0.304. The molecule has 1 fully saturated rings. The van der Waals surface area contributed by atoms with Crippen molar-refractivity contribution in [2.75, 3.05) is 39.5 Å². The zero-order chi connectivity index (χ0) is 20.2. The maximum absolute atomic E-state index is 12.8. The predicted octanol–water partition coefficient (Wildman–Crippen LogP) is 2.79. The van der Waals surface area contributed by atoms with Crippen molar-refractivity contribution in [2.24, 2.45) is 7.05 Å². The summed E-state index contributed by atoms with van der Waals surface area (Å²) in [5.41, 5.74) is 1.81. The second kappa shape index (κ2) is 8.48. The molecule has 0 saturated carbocycles. The lowest BCUT2D eigenvalue weighted by Crippen LogP contribution is -2.38. The summed E-state index contributed by atoms with van der Waals surface area (Å²) in [7, 11) is 1.64. The molecule has 29 heavy (non-hydrogen) atoms. The van der Waals surface area contributed by atoms with Crippen LogP contribution >= 0.6 is 0 Å². The Balaban J connectivity index is 1.72. The van der Waals surface area contributed by atoms with Crippen LogP contribution in [0, 0.1) is 11.3 Å². The Kier molecular flexibility index (Phi) is 5.61. The van der Waals surface area contributed by atoms with Crippen LogP contribution in [0.5, 0.6) is 5.75 Å². The lowest BCUT2D eigenvalue weighted by atomic mass is 9.97. The van der Waals surface area contributed by atoms with Gasteiger partial charge < -0.3 is 14.0 Å². The molecule has 1 saturated heterocycles. The van der Waals surface area contributed by atoms with Gasteiger partial charge in [0.25, 0.3) is 5.56 Å². The monoisotopic (exact) mass is 389 g/mol. The Morgan fingerprint density at radius 1 is 1.10 bits per heavy atom. The van der Waals surface area contributed by atoms with E-state index in [-0.39, 0.29) is 5.56 Å². The molecule has 3 aromatic rings. The van der Waals surface area contributed by atoms with Crippen LogP contribution in [-0.2, 0) is 11.8 Å². The third kappa shape index (κ3) is 3.88. The molecule has 1 aliphatic heterocycles. The summed E-state index contributed by atoms with van der Waals surface area (Å²) in [5, 5.41) is 11.1. The minimum absolute atomic E-state index is 0.184. The number of aromatic nitrogens is 1. The summed E-state index contributed by atoms with van der Waals surface area (Å²) in [6.07, 6.45) is 0. The molecule has 0 atom stereocenters. The van der Waals surface area contributed by atoms with Gasteiger partial charge in [0.15, 0.2) is 0 Å². The molecule has 1 aliphatic rings. The minimum atomic E-state index is -0.184. The number of ether oxygens (including phenoxy) is 2. The van der Waals surface area contributed by atoms with Crippen LogP contribution in [0.4, 0.5) is 0 Å². The largest absolute Gasteiger partial charge is 0.492 e. The molecule has 0 aliphatic carbocycles. The maximum Gasteiger partial charge on any atom is 0.259 e. The molecular weight excluding hydrogens is 366 g/mol. The second-order valence-corrected chi connectivity index (χ2v) is 7.08. The highest BCUT2D eigenvalue weighted by atomic mass is 16.5. The first-order valence-electron chi connectivity index (χ1n) is 9.74. The quantitative estimate of drug-likeness (QED) is 0.671. The van der Waals surface area contributed by atoms with E-state index in [1.165, 1.54) is 4.57 Å². The third-order valence-corrected chi connectivity index (χ3v) is 5.32. The van der Waals surface area contributed by atoms with E-state index in [9.17, 15) is 10.1 Å². The average molecular weight is 389 g/mol. The van der Waals surface area contributed by atoms with Crippen molar-refractivity contribution in [2.45, 2.75) is 0 Å². The van der Waals surface area contributed by atoms with Crippen LogP contribution in [0.15, 0.2) is 53.3 Å². The van der Waals surface area contributed by atoms with Crippen LogP contribution in [0.2, 0.25) is 0 Å². The van der Waals surface area contributed by atoms with E-state index in [0.29, 0.717) is 23.4 Å². The molecule has 0 radical (unpaired) electrons. The number of benzene rings is 2. The van der Waals surface area contributed by atoms with Gasteiger partial charge in [0.2, 0.25) is 0 Å². The topological polar surface area (TPSA) is 67.5 Å². The molecule has 4 rings (SSSR count). The highest BCUT2D eigenvalue weighted by Gasteiger charge is 2.17. The number of pyridine rings is 1. The first-order chi connectivity index (χ1) is 14.2. The maximum atomic E-state index is 12.8. The van der Waals surface area contributed by atoms with E-state index in [0.717, 1.165) is 49.4 Å². The van der Waals surface area contributed by atoms with Crippen molar-refractivity contribution in [3.8, 4) is 22.9 Å². The molecule has 2 heterocycles. The van der Waals surface area contributed by atoms with Gasteiger partial charge in [-0.05, 0) is 23.8 Å². The molecule has 1 aromatic heterocycles. The fourth-order valence-corrected chi connectivity index (χ4v) is 3.73. The van der Waals surface area contributed by atoms with Gasteiger partial charge in [-0.1, -0.05) is 30.3 Å². The van der Waals surface area contributed by atoms with Crippen molar-refractivity contribution in [1.29, 1.82) is 5.26 Å². The lowest BCUT2D eigenvalue weighted by Gasteiger charge is -2.26. The van der Waals surface area contributed by atoms with Crippen LogP contribution in [0.25, 0.3) is 21.9 Å². The Morgan fingerprint density at radius 3 is 2.59 bits per heavy atom. The first kappa shape index (κ1) is 19.2. The molecule has 6 nitrogen and oxygen atoms in total. The number of fused-ring (bicyclic) bond motifs is 1. The number of nitrogens with zero attached hydrogens (tertiary/aromatic N) is 3. The van der Waals surface area contributed by atoms with Crippen molar-refractivity contribution >= 4 is 10.8 Å². The number of rotatable bonds is 5. The average Bonchev–Trinajstić information content (AvgIpc) is 2.77. The van der Waals surface area contributed by atoms with Gasteiger partial charge in [-0.25, -0.2) is 0 Å².